The molecule has 2 aromatic carbocycles. The van der Waals surface area contributed by atoms with E-state index in [-0.39, 0.29) is 24.0 Å². The Labute approximate surface area is 184 Å². The molecule has 0 spiro atoms. The molecule has 27 heavy (non-hydrogen) atoms. The maximum Gasteiger partial charge on any atom is 0.246 e. The fourth-order valence-corrected chi connectivity index (χ4v) is 2.66. The summed E-state index contributed by atoms with van der Waals surface area (Å²) < 4.78 is 5.27. The zero-order chi connectivity index (χ0) is 18.4. The lowest BCUT2D eigenvalue weighted by Gasteiger charge is -2.11. The van der Waals surface area contributed by atoms with Gasteiger partial charge in [0.2, 0.25) is 11.7 Å². The highest BCUT2D eigenvalue weighted by molar-refractivity contribution is 14.0. The molecule has 0 aliphatic heterocycles. The molecule has 0 saturated carbocycles. The number of halogens is 3. The molecule has 9 heteroatoms. The van der Waals surface area contributed by atoms with Crippen molar-refractivity contribution < 1.29 is 4.52 Å². The smallest absolute Gasteiger partial charge is 0.246 e. The SMILES string of the molecule is CN=C(NCc1nc(-c2cccc(Cl)c2)no1)NCc1ccccc1Cl.I. The summed E-state index contributed by atoms with van der Waals surface area (Å²) in [5.41, 5.74) is 1.78. The average molecular weight is 518 g/mol. The summed E-state index contributed by atoms with van der Waals surface area (Å²) in [7, 11) is 1.69. The number of hydrogen-bond donors (Lipinski definition) is 2. The predicted octanol–water partition coefficient (Wildman–Crippen LogP) is 4.53. The fourth-order valence-electron chi connectivity index (χ4n) is 2.27. The average Bonchev–Trinajstić information content (AvgIpc) is 3.12. The lowest BCUT2D eigenvalue weighted by Crippen LogP contribution is -2.36. The molecule has 2 N–H and O–H groups in total. The van der Waals surface area contributed by atoms with E-state index in [0.717, 1.165) is 11.1 Å². The summed E-state index contributed by atoms with van der Waals surface area (Å²) in [5.74, 6) is 1.54. The van der Waals surface area contributed by atoms with Crippen LogP contribution in [-0.2, 0) is 13.1 Å². The van der Waals surface area contributed by atoms with Crippen LogP contribution in [0, 0.1) is 0 Å². The molecule has 0 fully saturated rings. The number of aromatic nitrogens is 2. The molecule has 6 nitrogen and oxygen atoms in total. The largest absolute Gasteiger partial charge is 0.352 e. The molecule has 0 aliphatic carbocycles. The third-order valence-corrected chi connectivity index (χ3v) is 4.19. The monoisotopic (exact) mass is 517 g/mol. The minimum Gasteiger partial charge on any atom is -0.352 e. The molecule has 0 unspecified atom stereocenters. The minimum atomic E-state index is 0. The van der Waals surface area contributed by atoms with Crippen molar-refractivity contribution in [3.05, 3.63) is 70.0 Å². The second kappa shape index (κ2) is 10.5. The molecule has 142 valence electrons. The molecule has 1 aromatic heterocycles. The van der Waals surface area contributed by atoms with Gasteiger partial charge in [0.25, 0.3) is 0 Å². The predicted molar refractivity (Wildman–Crippen MR) is 119 cm³/mol. The first-order valence-electron chi connectivity index (χ1n) is 7.92. The Balaban J connectivity index is 0.00000261. The summed E-state index contributed by atoms with van der Waals surface area (Å²) in [6.07, 6.45) is 0. The van der Waals surface area contributed by atoms with E-state index in [9.17, 15) is 0 Å². The van der Waals surface area contributed by atoms with Gasteiger partial charge in [-0.2, -0.15) is 4.98 Å². The zero-order valence-electron chi connectivity index (χ0n) is 14.4. The quantitative estimate of drug-likeness (QED) is 0.295. The molecule has 3 rings (SSSR count). The zero-order valence-corrected chi connectivity index (χ0v) is 18.3. The van der Waals surface area contributed by atoms with Crippen LogP contribution in [0.25, 0.3) is 11.4 Å². The van der Waals surface area contributed by atoms with Gasteiger partial charge >= 0.3 is 0 Å². The van der Waals surface area contributed by atoms with Crippen LogP contribution in [0.15, 0.2) is 58.0 Å². The van der Waals surface area contributed by atoms with Gasteiger partial charge in [-0.3, -0.25) is 4.99 Å². The van der Waals surface area contributed by atoms with Gasteiger partial charge in [0.1, 0.15) is 0 Å². The highest BCUT2D eigenvalue weighted by Gasteiger charge is 2.10. The fraction of sp³-hybridized carbons (Fsp3) is 0.167. The first-order chi connectivity index (χ1) is 12.7. The van der Waals surface area contributed by atoms with E-state index in [0.29, 0.717) is 40.8 Å². The summed E-state index contributed by atoms with van der Waals surface area (Å²) in [5, 5.41) is 11.6. The van der Waals surface area contributed by atoms with E-state index in [4.69, 9.17) is 27.7 Å². The van der Waals surface area contributed by atoms with Gasteiger partial charge in [-0.1, -0.05) is 58.7 Å². The van der Waals surface area contributed by atoms with Crippen molar-refractivity contribution >= 4 is 53.1 Å². The van der Waals surface area contributed by atoms with E-state index in [2.05, 4.69) is 25.8 Å². The Bertz CT molecular complexity index is 916. The van der Waals surface area contributed by atoms with E-state index >= 15 is 0 Å². The number of guanidine groups is 1. The maximum absolute atomic E-state index is 6.15. The lowest BCUT2D eigenvalue weighted by molar-refractivity contribution is 0.375. The normalized spacial score (nSPS) is 11.0. The van der Waals surface area contributed by atoms with Gasteiger partial charge in [0.15, 0.2) is 5.96 Å². The molecule has 0 bridgehead atoms. The first kappa shape index (κ1) is 21.5. The van der Waals surface area contributed by atoms with Gasteiger partial charge in [0, 0.05) is 29.2 Å². The maximum atomic E-state index is 6.15. The van der Waals surface area contributed by atoms with Crippen LogP contribution in [0.5, 0.6) is 0 Å². The van der Waals surface area contributed by atoms with Crippen molar-refractivity contribution in [3.8, 4) is 11.4 Å². The lowest BCUT2D eigenvalue weighted by atomic mass is 10.2. The number of benzene rings is 2. The van der Waals surface area contributed by atoms with Crippen molar-refractivity contribution in [2.75, 3.05) is 7.05 Å². The number of aliphatic imine (C=N–C) groups is 1. The van der Waals surface area contributed by atoms with Crippen LogP contribution in [0.2, 0.25) is 10.0 Å². The summed E-state index contributed by atoms with van der Waals surface area (Å²) >= 11 is 12.1. The highest BCUT2D eigenvalue weighted by atomic mass is 127. The van der Waals surface area contributed by atoms with Crippen LogP contribution in [-0.4, -0.2) is 23.1 Å². The van der Waals surface area contributed by atoms with Crippen LogP contribution in [0.1, 0.15) is 11.5 Å². The van der Waals surface area contributed by atoms with Crippen LogP contribution in [0.3, 0.4) is 0 Å². The topological polar surface area (TPSA) is 75.3 Å². The van der Waals surface area contributed by atoms with Crippen molar-refractivity contribution in [3.63, 3.8) is 0 Å². The molecule has 1 heterocycles. The van der Waals surface area contributed by atoms with E-state index in [1.54, 1.807) is 19.2 Å². The number of nitrogens with zero attached hydrogens (tertiary/aromatic N) is 3. The Kier molecular flexibility index (Phi) is 8.33. The molecule has 0 saturated heterocycles. The number of rotatable bonds is 5. The summed E-state index contributed by atoms with van der Waals surface area (Å²) in [6.45, 7) is 0.896. The van der Waals surface area contributed by atoms with Crippen molar-refractivity contribution in [2.24, 2.45) is 4.99 Å². The van der Waals surface area contributed by atoms with Gasteiger partial charge in [0.05, 0.1) is 6.54 Å². The van der Waals surface area contributed by atoms with Crippen molar-refractivity contribution in [1.29, 1.82) is 0 Å². The van der Waals surface area contributed by atoms with Crippen LogP contribution < -0.4 is 10.6 Å². The highest BCUT2D eigenvalue weighted by Crippen LogP contribution is 2.19. The Morgan fingerprint density at radius 3 is 2.59 bits per heavy atom. The molecule has 0 atom stereocenters. The molecule has 3 aromatic rings. The van der Waals surface area contributed by atoms with E-state index in [1.807, 2.05) is 36.4 Å². The second-order valence-corrected chi connectivity index (χ2v) is 6.24. The second-order valence-electron chi connectivity index (χ2n) is 5.39. The van der Waals surface area contributed by atoms with Gasteiger partial charge in [-0.15, -0.1) is 24.0 Å². The molecular formula is C18H18Cl2IN5O. The van der Waals surface area contributed by atoms with Crippen molar-refractivity contribution in [2.45, 2.75) is 13.1 Å². The van der Waals surface area contributed by atoms with Gasteiger partial charge in [-0.25, -0.2) is 0 Å². The Morgan fingerprint density at radius 2 is 1.85 bits per heavy atom. The standard InChI is InChI=1S/C18H17Cl2N5O.HI/c1-21-18(22-10-13-5-2-3-8-15(13)20)23-11-16-24-17(25-26-16)12-6-4-7-14(19)9-12;/h2-9H,10-11H2,1H3,(H2,21,22,23);1H. The molecular weight excluding hydrogens is 500 g/mol. The van der Waals surface area contributed by atoms with Crippen molar-refractivity contribution in [1.82, 2.24) is 20.8 Å². The number of hydrogen-bond acceptors (Lipinski definition) is 4. The molecule has 0 radical (unpaired) electrons. The van der Waals surface area contributed by atoms with Crippen LogP contribution >= 0.6 is 47.2 Å². The van der Waals surface area contributed by atoms with Crippen LogP contribution in [0.4, 0.5) is 0 Å². The molecule has 0 amide bonds. The number of nitrogens with one attached hydrogen (secondary N) is 2. The Morgan fingerprint density at radius 1 is 1.07 bits per heavy atom. The summed E-state index contributed by atoms with van der Waals surface area (Å²) in [4.78, 5) is 8.53. The van der Waals surface area contributed by atoms with Gasteiger partial charge < -0.3 is 15.2 Å². The van der Waals surface area contributed by atoms with E-state index in [1.165, 1.54) is 0 Å². The minimum absolute atomic E-state index is 0. The van der Waals surface area contributed by atoms with Gasteiger partial charge in [-0.05, 0) is 23.8 Å². The first-order valence-corrected chi connectivity index (χ1v) is 8.68. The Hall–Kier alpha value is -1.84. The molecule has 0 aliphatic rings. The third-order valence-electron chi connectivity index (χ3n) is 3.59. The third kappa shape index (κ3) is 6.08. The van der Waals surface area contributed by atoms with E-state index < -0.39 is 0 Å². The summed E-state index contributed by atoms with van der Waals surface area (Å²) in [6, 6.07) is 14.9.